The monoisotopic (exact) mass is 440 g/mol. The Bertz CT molecular complexity index is 1330. The molecule has 0 bridgehead atoms. The standard InChI is InChI=1S/C24H24N8O/c1-6-26-24(33)22-21(28-18-10-9-17(13-15(18)4)31(7-2)8-3)23-29-20(16(5)32(23)30-22)19-14-25-11-12-27-19/h9-14H,1,7-8H2,2-5H3. The number of aryl methyl sites for hydroxylation is 1. The fourth-order valence-corrected chi connectivity index (χ4v) is 3.73. The van der Waals surface area contributed by atoms with Crippen LogP contribution in [0.15, 0.2) is 58.5 Å². The van der Waals surface area contributed by atoms with Crippen molar-refractivity contribution >= 4 is 34.6 Å². The number of hydrogen-bond donors (Lipinski definition) is 0. The van der Waals surface area contributed by atoms with Gasteiger partial charge in [-0.05, 0) is 63.9 Å². The molecule has 2 aromatic heterocycles. The van der Waals surface area contributed by atoms with Gasteiger partial charge in [0.25, 0.3) is 0 Å². The normalized spacial score (nSPS) is 13.5. The molecule has 9 nitrogen and oxygen atoms in total. The number of anilines is 1. The number of aliphatic imine (C=N–C) groups is 2. The molecule has 0 atom stereocenters. The highest BCUT2D eigenvalue weighted by atomic mass is 16.1. The summed E-state index contributed by atoms with van der Waals surface area (Å²) in [5.74, 6) is 2.15. The second-order valence-corrected chi connectivity index (χ2v) is 7.40. The highest BCUT2D eigenvalue weighted by molar-refractivity contribution is 6.71. The van der Waals surface area contributed by atoms with Crippen molar-refractivity contribution in [2.45, 2.75) is 27.7 Å². The molecular weight excluding hydrogens is 416 g/mol. The molecule has 166 valence electrons. The number of fused-ring (bicyclic) bond motifs is 1. The SMILES string of the molecule is C=C=NC(=O)C1=Nn2c(nc(-c3cnccn3)c2C)C1=Nc1ccc(N(CC)CC)cc1C. The van der Waals surface area contributed by atoms with Gasteiger partial charge in [-0.1, -0.05) is 0 Å². The summed E-state index contributed by atoms with van der Waals surface area (Å²) >= 11 is 0. The maximum absolute atomic E-state index is 12.6. The van der Waals surface area contributed by atoms with Gasteiger partial charge in [-0.2, -0.15) is 10.1 Å². The van der Waals surface area contributed by atoms with Crippen molar-refractivity contribution in [3.63, 3.8) is 0 Å². The van der Waals surface area contributed by atoms with E-state index in [1.807, 2.05) is 26.0 Å². The van der Waals surface area contributed by atoms with Crippen LogP contribution in [-0.2, 0) is 4.79 Å². The molecular formula is C24H24N8O. The molecule has 0 fully saturated rings. The Kier molecular flexibility index (Phi) is 6.06. The molecule has 1 aromatic carbocycles. The van der Waals surface area contributed by atoms with Crippen LogP contribution >= 0.6 is 0 Å². The van der Waals surface area contributed by atoms with E-state index in [-0.39, 0.29) is 5.71 Å². The number of hydrogen-bond acceptors (Lipinski definition) is 7. The van der Waals surface area contributed by atoms with Gasteiger partial charge >= 0.3 is 5.91 Å². The fraction of sp³-hybridized carbons (Fsp3) is 0.250. The topological polar surface area (TPSA) is 101 Å². The summed E-state index contributed by atoms with van der Waals surface area (Å²) in [6.07, 6.45) is 4.84. The van der Waals surface area contributed by atoms with E-state index in [4.69, 9.17) is 9.98 Å². The molecule has 0 aliphatic carbocycles. The van der Waals surface area contributed by atoms with Crippen molar-refractivity contribution in [3.8, 4) is 11.4 Å². The predicted molar refractivity (Wildman–Crippen MR) is 130 cm³/mol. The van der Waals surface area contributed by atoms with Gasteiger partial charge in [-0.3, -0.25) is 14.8 Å². The maximum Gasteiger partial charge on any atom is 0.307 e. The average molecular weight is 441 g/mol. The minimum Gasteiger partial charge on any atom is -0.372 e. The van der Waals surface area contributed by atoms with Crippen molar-refractivity contribution in [1.29, 1.82) is 0 Å². The molecule has 1 aliphatic rings. The van der Waals surface area contributed by atoms with Crippen molar-refractivity contribution in [3.05, 3.63) is 60.5 Å². The Morgan fingerprint density at radius 1 is 1.21 bits per heavy atom. The van der Waals surface area contributed by atoms with Crippen LogP contribution in [-0.4, -0.2) is 55.9 Å². The molecule has 1 aliphatic heterocycles. The largest absolute Gasteiger partial charge is 0.372 e. The van der Waals surface area contributed by atoms with Crippen LogP contribution in [0.25, 0.3) is 11.4 Å². The minimum atomic E-state index is -0.577. The molecule has 9 heteroatoms. The van der Waals surface area contributed by atoms with Crippen LogP contribution in [0.1, 0.15) is 30.9 Å². The van der Waals surface area contributed by atoms with Crippen molar-refractivity contribution in [1.82, 2.24) is 19.6 Å². The van der Waals surface area contributed by atoms with Crippen LogP contribution in [0.3, 0.4) is 0 Å². The van der Waals surface area contributed by atoms with Gasteiger partial charge in [0.05, 0.1) is 17.6 Å². The van der Waals surface area contributed by atoms with E-state index in [0.29, 0.717) is 22.9 Å². The van der Waals surface area contributed by atoms with Gasteiger partial charge in [0.15, 0.2) is 11.5 Å². The molecule has 0 N–H and O–H groups in total. The average Bonchev–Trinajstić information content (AvgIpc) is 3.34. The first-order chi connectivity index (χ1) is 16.0. The second-order valence-electron chi connectivity index (χ2n) is 7.40. The van der Waals surface area contributed by atoms with Crippen LogP contribution in [0, 0.1) is 13.8 Å². The van der Waals surface area contributed by atoms with Crippen LogP contribution < -0.4 is 4.90 Å². The number of benzene rings is 1. The molecule has 3 heterocycles. The Balaban J connectivity index is 1.85. The third-order valence-electron chi connectivity index (χ3n) is 5.45. The van der Waals surface area contributed by atoms with E-state index >= 15 is 0 Å². The van der Waals surface area contributed by atoms with Crippen molar-refractivity contribution < 1.29 is 4.79 Å². The number of rotatable bonds is 6. The molecule has 0 spiro atoms. The van der Waals surface area contributed by atoms with Gasteiger partial charge in [0, 0.05) is 31.2 Å². The lowest BCUT2D eigenvalue weighted by atomic mass is 10.1. The molecule has 33 heavy (non-hydrogen) atoms. The smallest absolute Gasteiger partial charge is 0.307 e. The summed E-state index contributed by atoms with van der Waals surface area (Å²) in [6, 6.07) is 6.05. The number of nitrogens with zero attached hydrogens (tertiary/aromatic N) is 8. The highest BCUT2D eigenvalue weighted by Gasteiger charge is 2.33. The Morgan fingerprint density at radius 2 is 2.00 bits per heavy atom. The minimum absolute atomic E-state index is 0.0923. The summed E-state index contributed by atoms with van der Waals surface area (Å²) < 4.78 is 1.59. The number of imidazole rings is 1. The molecule has 1 amide bonds. The van der Waals surface area contributed by atoms with E-state index in [2.05, 4.69) is 57.3 Å². The zero-order valence-corrected chi connectivity index (χ0v) is 19.1. The third-order valence-corrected chi connectivity index (χ3v) is 5.45. The fourth-order valence-electron chi connectivity index (χ4n) is 3.73. The van der Waals surface area contributed by atoms with Crippen LogP contribution in [0.4, 0.5) is 11.4 Å². The first-order valence-corrected chi connectivity index (χ1v) is 10.6. The molecule has 0 radical (unpaired) electrons. The van der Waals surface area contributed by atoms with Crippen molar-refractivity contribution in [2.75, 3.05) is 18.0 Å². The van der Waals surface area contributed by atoms with Crippen molar-refractivity contribution in [2.24, 2.45) is 15.1 Å². The lowest BCUT2D eigenvalue weighted by Crippen LogP contribution is -2.22. The number of carbonyl (C=O) groups is 1. The van der Waals surface area contributed by atoms with Gasteiger partial charge in [0.1, 0.15) is 17.1 Å². The molecule has 3 aromatic rings. The predicted octanol–water partition coefficient (Wildman–Crippen LogP) is 3.52. The van der Waals surface area contributed by atoms with Crippen LogP contribution in [0.5, 0.6) is 0 Å². The van der Waals surface area contributed by atoms with Gasteiger partial charge in [-0.15, -0.1) is 0 Å². The quantitative estimate of drug-likeness (QED) is 0.546. The summed E-state index contributed by atoms with van der Waals surface area (Å²) in [4.78, 5) is 36.5. The highest BCUT2D eigenvalue weighted by Crippen LogP contribution is 2.29. The summed E-state index contributed by atoms with van der Waals surface area (Å²) in [5.41, 5.74) is 5.21. The molecule has 0 unspecified atom stereocenters. The number of amides is 1. The van der Waals surface area contributed by atoms with E-state index in [1.54, 1.807) is 23.3 Å². The Labute approximate surface area is 192 Å². The second kappa shape index (κ2) is 9.10. The van der Waals surface area contributed by atoms with E-state index in [1.165, 1.54) is 0 Å². The van der Waals surface area contributed by atoms with Gasteiger partial charge in [-0.25, -0.2) is 14.7 Å². The first kappa shape index (κ1) is 22.0. The van der Waals surface area contributed by atoms with Crippen LogP contribution in [0.2, 0.25) is 0 Å². The van der Waals surface area contributed by atoms with E-state index in [0.717, 1.165) is 35.7 Å². The summed E-state index contributed by atoms with van der Waals surface area (Å²) in [7, 11) is 0. The lowest BCUT2D eigenvalue weighted by molar-refractivity contribution is -0.111. The lowest BCUT2D eigenvalue weighted by Gasteiger charge is -2.21. The maximum atomic E-state index is 12.6. The molecule has 0 saturated heterocycles. The summed E-state index contributed by atoms with van der Waals surface area (Å²) in [5, 5.41) is 4.47. The number of aromatic nitrogens is 4. The van der Waals surface area contributed by atoms with Gasteiger partial charge in [0.2, 0.25) is 0 Å². The zero-order chi connectivity index (χ0) is 23.5. The Hall–Kier alpha value is -4.23. The first-order valence-electron chi connectivity index (χ1n) is 10.6. The Morgan fingerprint density at radius 3 is 2.64 bits per heavy atom. The van der Waals surface area contributed by atoms with E-state index in [9.17, 15) is 4.79 Å². The zero-order valence-electron chi connectivity index (χ0n) is 19.1. The molecule has 4 rings (SSSR count). The van der Waals surface area contributed by atoms with Gasteiger partial charge < -0.3 is 4.90 Å². The molecule has 0 saturated carbocycles. The third kappa shape index (κ3) is 4.02. The summed E-state index contributed by atoms with van der Waals surface area (Å²) in [6.45, 7) is 13.3. The van der Waals surface area contributed by atoms with E-state index < -0.39 is 5.91 Å². The number of carbonyl (C=O) groups excluding carboxylic acids is 1.